The van der Waals surface area contributed by atoms with Gasteiger partial charge in [0.25, 0.3) is 5.91 Å². The number of benzene rings is 2. The second kappa shape index (κ2) is 7.34. The Morgan fingerprint density at radius 3 is 2.41 bits per heavy atom. The summed E-state index contributed by atoms with van der Waals surface area (Å²) in [5.74, 6) is -1.04. The van der Waals surface area contributed by atoms with Crippen molar-refractivity contribution < 1.29 is 13.9 Å². The number of amides is 1. The lowest BCUT2D eigenvalue weighted by molar-refractivity contribution is -0.131. The first-order chi connectivity index (χ1) is 10.7. The third-order valence-electron chi connectivity index (χ3n) is 3.21. The van der Waals surface area contributed by atoms with Gasteiger partial charge in [-0.15, -0.1) is 0 Å². The van der Waals surface area contributed by atoms with Crippen molar-refractivity contribution in [3.05, 3.63) is 71.5 Å². The minimum atomic E-state index is -1.07. The van der Waals surface area contributed by atoms with Gasteiger partial charge in [0, 0.05) is 12.7 Å². The first-order valence-electron chi connectivity index (χ1n) is 6.69. The van der Waals surface area contributed by atoms with E-state index < -0.39 is 23.9 Å². The molecule has 0 saturated heterocycles. The lowest BCUT2D eigenvalue weighted by atomic mass is 10.1. The maximum absolute atomic E-state index is 13.7. The summed E-state index contributed by atoms with van der Waals surface area (Å²) in [6.07, 6.45) is -0.858. The molecule has 0 fully saturated rings. The smallest absolute Gasteiger partial charge is 0.255 e. The van der Waals surface area contributed by atoms with Crippen LogP contribution in [-0.2, 0) is 9.53 Å². The van der Waals surface area contributed by atoms with Crippen LogP contribution in [0.2, 0.25) is 0 Å². The van der Waals surface area contributed by atoms with E-state index in [4.69, 9.17) is 4.74 Å². The Bertz CT molecular complexity index is 683. The van der Waals surface area contributed by atoms with Crippen molar-refractivity contribution in [1.29, 1.82) is 5.26 Å². The average Bonchev–Trinajstić information content (AvgIpc) is 2.55. The van der Waals surface area contributed by atoms with Crippen LogP contribution >= 0.6 is 0 Å². The van der Waals surface area contributed by atoms with Gasteiger partial charge in [-0.2, -0.15) is 5.26 Å². The van der Waals surface area contributed by atoms with E-state index in [1.165, 1.54) is 25.3 Å². The molecule has 5 heteroatoms. The second-order valence-electron chi connectivity index (χ2n) is 4.62. The highest BCUT2D eigenvalue weighted by Crippen LogP contribution is 2.20. The van der Waals surface area contributed by atoms with Gasteiger partial charge >= 0.3 is 0 Å². The summed E-state index contributed by atoms with van der Waals surface area (Å²) in [5.41, 5.74) is 0.786. The molecular weight excluding hydrogens is 283 g/mol. The molecule has 0 aliphatic carbocycles. The van der Waals surface area contributed by atoms with Crippen LogP contribution in [0.25, 0.3) is 0 Å². The summed E-state index contributed by atoms with van der Waals surface area (Å²) in [5, 5.41) is 11.7. The van der Waals surface area contributed by atoms with Gasteiger partial charge in [0.2, 0.25) is 0 Å². The van der Waals surface area contributed by atoms with Gasteiger partial charge in [0.15, 0.2) is 6.10 Å². The highest BCUT2D eigenvalue weighted by Gasteiger charge is 2.24. The van der Waals surface area contributed by atoms with Crippen LogP contribution in [0.15, 0.2) is 54.6 Å². The summed E-state index contributed by atoms with van der Waals surface area (Å²) in [7, 11) is 1.40. The molecule has 2 aromatic carbocycles. The van der Waals surface area contributed by atoms with Crippen LogP contribution in [0.5, 0.6) is 0 Å². The van der Waals surface area contributed by atoms with Gasteiger partial charge in [-0.1, -0.05) is 48.5 Å². The molecular formula is C17H15FN2O2. The van der Waals surface area contributed by atoms with E-state index in [-0.39, 0.29) is 5.56 Å². The molecule has 1 amide bonds. The van der Waals surface area contributed by atoms with Crippen LogP contribution in [0.1, 0.15) is 23.3 Å². The molecule has 0 saturated carbocycles. The number of nitrogens with zero attached hydrogens (tertiary/aromatic N) is 1. The van der Waals surface area contributed by atoms with E-state index in [2.05, 4.69) is 5.32 Å². The number of halogens is 1. The van der Waals surface area contributed by atoms with Crippen LogP contribution in [0, 0.1) is 17.1 Å². The van der Waals surface area contributed by atoms with Crippen LogP contribution in [0.4, 0.5) is 4.39 Å². The highest BCUT2D eigenvalue weighted by molar-refractivity contribution is 5.83. The molecule has 0 bridgehead atoms. The van der Waals surface area contributed by atoms with Crippen LogP contribution in [0.3, 0.4) is 0 Å². The summed E-state index contributed by atoms with van der Waals surface area (Å²) in [6, 6.07) is 15.6. The van der Waals surface area contributed by atoms with E-state index in [0.717, 1.165) is 0 Å². The first kappa shape index (κ1) is 15.7. The number of methoxy groups -OCH3 is 1. The lowest BCUT2D eigenvalue weighted by Crippen LogP contribution is -2.33. The van der Waals surface area contributed by atoms with Crippen molar-refractivity contribution in [2.45, 2.75) is 12.1 Å². The molecule has 0 aromatic heterocycles. The number of nitrogens with one attached hydrogen (secondary N) is 1. The Hall–Kier alpha value is -2.71. The predicted octanol–water partition coefficient (Wildman–Crippen LogP) is 2.89. The Kier molecular flexibility index (Phi) is 5.23. The molecule has 2 atom stereocenters. The minimum absolute atomic E-state index is 0.126. The number of rotatable bonds is 5. The van der Waals surface area contributed by atoms with Crippen molar-refractivity contribution in [2.75, 3.05) is 7.11 Å². The largest absolute Gasteiger partial charge is 0.367 e. The Morgan fingerprint density at radius 2 is 1.82 bits per heavy atom. The average molecular weight is 298 g/mol. The molecule has 0 radical (unpaired) electrons. The van der Waals surface area contributed by atoms with Crippen molar-refractivity contribution in [1.82, 2.24) is 5.32 Å². The zero-order chi connectivity index (χ0) is 15.9. The van der Waals surface area contributed by atoms with E-state index in [1.807, 2.05) is 12.1 Å². The molecule has 22 heavy (non-hydrogen) atoms. The van der Waals surface area contributed by atoms with Crippen molar-refractivity contribution in [2.24, 2.45) is 0 Å². The van der Waals surface area contributed by atoms with E-state index >= 15 is 0 Å². The number of hydrogen-bond acceptors (Lipinski definition) is 3. The predicted molar refractivity (Wildman–Crippen MR) is 79.1 cm³/mol. The number of ether oxygens (including phenoxy) is 1. The Morgan fingerprint density at radius 1 is 1.18 bits per heavy atom. The van der Waals surface area contributed by atoms with E-state index in [0.29, 0.717) is 5.56 Å². The van der Waals surface area contributed by atoms with Crippen LogP contribution < -0.4 is 5.32 Å². The zero-order valence-electron chi connectivity index (χ0n) is 12.0. The van der Waals surface area contributed by atoms with Gasteiger partial charge < -0.3 is 10.1 Å². The molecule has 0 aliphatic rings. The highest BCUT2D eigenvalue weighted by atomic mass is 19.1. The van der Waals surface area contributed by atoms with Crippen molar-refractivity contribution in [3.8, 4) is 6.07 Å². The topological polar surface area (TPSA) is 62.1 Å². The maximum Gasteiger partial charge on any atom is 0.255 e. The quantitative estimate of drug-likeness (QED) is 0.923. The number of hydrogen-bond donors (Lipinski definition) is 1. The maximum atomic E-state index is 13.7. The molecule has 1 N–H and O–H groups in total. The van der Waals surface area contributed by atoms with E-state index in [9.17, 15) is 14.4 Å². The molecule has 2 rings (SSSR count). The molecule has 0 unspecified atom stereocenters. The van der Waals surface area contributed by atoms with Crippen molar-refractivity contribution >= 4 is 5.91 Å². The Balaban J connectivity index is 2.19. The lowest BCUT2D eigenvalue weighted by Gasteiger charge is -2.18. The third-order valence-corrected chi connectivity index (χ3v) is 3.21. The number of nitriles is 1. The van der Waals surface area contributed by atoms with Gasteiger partial charge in [-0.25, -0.2) is 4.39 Å². The summed E-state index contributed by atoms with van der Waals surface area (Å²) >= 11 is 0. The van der Waals surface area contributed by atoms with Gasteiger partial charge in [0.05, 0.1) is 6.07 Å². The molecule has 112 valence electrons. The monoisotopic (exact) mass is 298 g/mol. The standard InChI is InChI=1S/C17H15FN2O2/c1-22-16(12-7-3-2-4-8-12)17(21)20-15(11-19)13-9-5-6-10-14(13)18/h2-10,15-16H,1H3,(H,20,21)/t15-,16+/m0/s1. The molecule has 4 nitrogen and oxygen atoms in total. The van der Waals surface area contributed by atoms with Gasteiger partial charge in [-0.3, -0.25) is 4.79 Å². The normalized spacial score (nSPS) is 13.0. The molecule has 2 aromatic rings. The first-order valence-corrected chi connectivity index (χ1v) is 6.69. The van der Waals surface area contributed by atoms with E-state index in [1.54, 1.807) is 30.3 Å². The van der Waals surface area contributed by atoms with Crippen LogP contribution in [-0.4, -0.2) is 13.0 Å². The fourth-order valence-corrected chi connectivity index (χ4v) is 2.13. The van der Waals surface area contributed by atoms with Crippen molar-refractivity contribution in [3.63, 3.8) is 0 Å². The SMILES string of the molecule is CO[C@@H](C(=O)N[C@@H](C#N)c1ccccc1F)c1ccccc1. The summed E-state index contributed by atoms with van der Waals surface area (Å²) in [4.78, 5) is 12.3. The minimum Gasteiger partial charge on any atom is -0.367 e. The van der Waals surface area contributed by atoms with Gasteiger partial charge in [-0.05, 0) is 11.6 Å². The third kappa shape index (κ3) is 3.48. The zero-order valence-corrected chi connectivity index (χ0v) is 12.0. The summed E-state index contributed by atoms with van der Waals surface area (Å²) < 4.78 is 18.9. The fourth-order valence-electron chi connectivity index (χ4n) is 2.13. The Labute approximate surface area is 128 Å². The fraction of sp³-hybridized carbons (Fsp3) is 0.176. The number of carbonyl (C=O) groups excluding carboxylic acids is 1. The molecule has 0 spiro atoms. The molecule has 0 heterocycles. The second-order valence-corrected chi connectivity index (χ2v) is 4.62. The molecule has 0 aliphatic heterocycles. The van der Waals surface area contributed by atoms with Gasteiger partial charge in [0.1, 0.15) is 11.9 Å². The summed E-state index contributed by atoms with van der Waals surface area (Å²) in [6.45, 7) is 0. The number of carbonyl (C=O) groups is 1.